The number of ether oxygens (including phenoxy) is 1. The number of fused-ring (bicyclic) bond motifs is 2. The van der Waals surface area contributed by atoms with Gasteiger partial charge in [0.25, 0.3) is 5.91 Å². The molecule has 0 aliphatic carbocycles. The van der Waals surface area contributed by atoms with Crippen molar-refractivity contribution >= 4 is 33.3 Å². The molecular formula is C22H16N2O5S. The number of nitrogens with zero attached hydrogens (tertiary/aromatic N) is 2. The Kier molecular flexibility index (Phi) is 4.11. The molecule has 1 N–H and O–H groups in total. The first-order valence-electron chi connectivity index (χ1n) is 9.17. The maximum Gasteiger partial charge on any atom is 0.297 e. The molecule has 0 spiro atoms. The molecule has 3 heterocycles. The molecule has 0 radical (unpaired) electrons. The minimum atomic E-state index is -0.755. The first-order valence-corrected chi connectivity index (χ1v) is 10.0. The van der Waals surface area contributed by atoms with Crippen molar-refractivity contribution in [1.29, 1.82) is 0 Å². The van der Waals surface area contributed by atoms with E-state index in [0.717, 1.165) is 5.56 Å². The summed E-state index contributed by atoms with van der Waals surface area (Å²) in [5.41, 5.74) is 1.87. The molecular weight excluding hydrogens is 404 g/mol. The number of rotatable bonds is 3. The summed E-state index contributed by atoms with van der Waals surface area (Å²) in [5.74, 6) is -0.221. The van der Waals surface area contributed by atoms with Gasteiger partial charge < -0.3 is 14.3 Å². The number of phenols is 1. The van der Waals surface area contributed by atoms with Crippen LogP contribution in [0.4, 0.5) is 5.13 Å². The number of anilines is 1. The van der Waals surface area contributed by atoms with E-state index in [4.69, 9.17) is 9.15 Å². The molecule has 1 aliphatic heterocycles. The Hall–Kier alpha value is -3.65. The number of thiazole rings is 1. The van der Waals surface area contributed by atoms with Gasteiger partial charge in [0.2, 0.25) is 5.76 Å². The van der Waals surface area contributed by atoms with Crippen molar-refractivity contribution in [1.82, 2.24) is 4.98 Å². The zero-order valence-corrected chi connectivity index (χ0v) is 16.9. The maximum atomic E-state index is 13.5. The number of hydrogen-bond donors (Lipinski definition) is 1. The van der Waals surface area contributed by atoms with E-state index in [1.807, 2.05) is 13.0 Å². The standard InChI is InChI=1S/C22H16N2O5S/c1-11-3-6-15-13(9-11)19(26)17-18(12-4-5-14(25)16(10-12)28-2)24(21(27)20(17)29-15)22-23-7-8-30-22/h3-10,18,25H,1-2H3. The van der Waals surface area contributed by atoms with E-state index < -0.39 is 11.9 Å². The average molecular weight is 420 g/mol. The van der Waals surface area contributed by atoms with E-state index in [0.29, 0.717) is 21.7 Å². The van der Waals surface area contributed by atoms with Crippen LogP contribution >= 0.6 is 11.3 Å². The fourth-order valence-electron chi connectivity index (χ4n) is 3.80. The van der Waals surface area contributed by atoms with Crippen LogP contribution in [0.15, 0.2) is 57.2 Å². The van der Waals surface area contributed by atoms with Gasteiger partial charge in [0.15, 0.2) is 22.1 Å². The predicted octanol–water partition coefficient (Wildman–Crippen LogP) is 4.02. The quantitative estimate of drug-likeness (QED) is 0.538. The Balaban J connectivity index is 1.83. The van der Waals surface area contributed by atoms with E-state index >= 15 is 0 Å². The predicted molar refractivity (Wildman–Crippen MR) is 113 cm³/mol. The SMILES string of the molecule is COc1cc(C2c3c(oc4ccc(C)cc4c3=O)C(=O)N2c2nccs2)ccc1O. The third kappa shape index (κ3) is 2.61. The molecule has 0 saturated carbocycles. The van der Waals surface area contributed by atoms with Crippen molar-refractivity contribution in [2.75, 3.05) is 12.0 Å². The maximum absolute atomic E-state index is 13.5. The van der Waals surface area contributed by atoms with Crippen molar-refractivity contribution in [3.05, 3.63) is 80.6 Å². The van der Waals surface area contributed by atoms with E-state index in [1.54, 1.807) is 35.8 Å². The van der Waals surface area contributed by atoms with Crippen molar-refractivity contribution in [2.45, 2.75) is 13.0 Å². The number of methoxy groups -OCH3 is 1. The molecule has 8 heteroatoms. The van der Waals surface area contributed by atoms with Crippen molar-refractivity contribution in [3.8, 4) is 11.5 Å². The lowest BCUT2D eigenvalue weighted by atomic mass is 9.98. The first-order chi connectivity index (χ1) is 14.5. The number of amides is 1. The van der Waals surface area contributed by atoms with Crippen LogP contribution < -0.4 is 15.1 Å². The number of hydrogen-bond acceptors (Lipinski definition) is 7. The molecule has 0 fully saturated rings. The Morgan fingerprint density at radius 2 is 2.03 bits per heavy atom. The van der Waals surface area contributed by atoms with Crippen molar-refractivity contribution < 1.29 is 19.1 Å². The highest BCUT2D eigenvalue weighted by Gasteiger charge is 2.44. The largest absolute Gasteiger partial charge is 0.504 e. The van der Waals surface area contributed by atoms with Gasteiger partial charge in [0.1, 0.15) is 5.58 Å². The normalized spacial score (nSPS) is 15.6. The topological polar surface area (TPSA) is 92.9 Å². The highest BCUT2D eigenvalue weighted by Crippen LogP contribution is 2.43. The summed E-state index contributed by atoms with van der Waals surface area (Å²) in [5, 5.41) is 12.6. The van der Waals surface area contributed by atoms with E-state index in [1.165, 1.54) is 29.4 Å². The van der Waals surface area contributed by atoms with Crippen LogP contribution in [0.3, 0.4) is 0 Å². The molecule has 1 amide bonds. The highest BCUT2D eigenvalue weighted by molar-refractivity contribution is 7.13. The third-order valence-electron chi connectivity index (χ3n) is 5.17. The van der Waals surface area contributed by atoms with E-state index in [9.17, 15) is 14.7 Å². The smallest absolute Gasteiger partial charge is 0.297 e. The number of aryl methyl sites for hydroxylation is 1. The third-order valence-corrected chi connectivity index (χ3v) is 5.94. The van der Waals surface area contributed by atoms with E-state index in [2.05, 4.69) is 4.98 Å². The van der Waals surface area contributed by atoms with Crippen LogP contribution in [-0.2, 0) is 0 Å². The van der Waals surface area contributed by atoms with Gasteiger partial charge >= 0.3 is 0 Å². The second-order valence-electron chi connectivity index (χ2n) is 7.00. The summed E-state index contributed by atoms with van der Waals surface area (Å²) < 4.78 is 11.2. The molecule has 1 unspecified atom stereocenters. The highest BCUT2D eigenvalue weighted by atomic mass is 32.1. The van der Waals surface area contributed by atoms with Crippen LogP contribution in [0.25, 0.3) is 11.0 Å². The lowest BCUT2D eigenvalue weighted by molar-refractivity contribution is 0.0971. The molecule has 0 bridgehead atoms. The summed E-state index contributed by atoms with van der Waals surface area (Å²) in [6.07, 6.45) is 1.60. The summed E-state index contributed by atoms with van der Waals surface area (Å²) >= 11 is 1.29. The Morgan fingerprint density at radius 3 is 2.77 bits per heavy atom. The molecule has 7 nitrogen and oxygen atoms in total. The molecule has 150 valence electrons. The molecule has 4 aromatic rings. The van der Waals surface area contributed by atoms with Crippen molar-refractivity contribution in [2.24, 2.45) is 0 Å². The lowest BCUT2D eigenvalue weighted by Crippen LogP contribution is -2.29. The van der Waals surface area contributed by atoms with Gasteiger partial charge in [-0.2, -0.15) is 0 Å². The summed E-state index contributed by atoms with van der Waals surface area (Å²) in [6.45, 7) is 1.89. The monoisotopic (exact) mass is 420 g/mol. The fraction of sp³-hybridized carbons (Fsp3) is 0.136. The number of phenolic OH excluding ortho intramolecular Hbond substituents is 1. The zero-order valence-electron chi connectivity index (χ0n) is 16.1. The van der Waals surface area contributed by atoms with Gasteiger partial charge in [-0.3, -0.25) is 14.5 Å². The van der Waals surface area contributed by atoms with Crippen LogP contribution in [0, 0.1) is 6.92 Å². The molecule has 0 saturated heterocycles. The second kappa shape index (κ2) is 6.70. The molecule has 2 aromatic carbocycles. The number of aromatic hydroxyl groups is 1. The Morgan fingerprint density at radius 1 is 1.20 bits per heavy atom. The minimum absolute atomic E-state index is 0.00333. The summed E-state index contributed by atoms with van der Waals surface area (Å²) in [7, 11) is 1.44. The number of carbonyl (C=O) groups excluding carboxylic acids is 1. The number of aromatic nitrogens is 1. The molecule has 1 atom stereocenters. The number of carbonyl (C=O) groups is 1. The fourth-order valence-corrected chi connectivity index (χ4v) is 4.47. The number of benzene rings is 2. The summed E-state index contributed by atoms with van der Waals surface area (Å²) in [4.78, 5) is 32.6. The van der Waals surface area contributed by atoms with Gasteiger partial charge in [-0.05, 0) is 36.8 Å². The van der Waals surface area contributed by atoms with Gasteiger partial charge in [0.05, 0.1) is 24.1 Å². The Labute approximate surface area is 174 Å². The first kappa shape index (κ1) is 18.4. The van der Waals surface area contributed by atoms with Crippen LogP contribution in [0.2, 0.25) is 0 Å². The van der Waals surface area contributed by atoms with E-state index in [-0.39, 0.29) is 28.3 Å². The minimum Gasteiger partial charge on any atom is -0.504 e. The zero-order chi connectivity index (χ0) is 21.0. The van der Waals surface area contributed by atoms with Gasteiger partial charge in [-0.15, -0.1) is 11.3 Å². The average Bonchev–Trinajstić information content (AvgIpc) is 3.36. The van der Waals surface area contributed by atoms with Crippen molar-refractivity contribution in [3.63, 3.8) is 0 Å². The van der Waals surface area contributed by atoms with Crippen LogP contribution in [-0.4, -0.2) is 23.1 Å². The van der Waals surface area contributed by atoms with Gasteiger partial charge in [-0.25, -0.2) is 4.98 Å². The molecule has 2 aromatic heterocycles. The van der Waals surface area contributed by atoms with Crippen LogP contribution in [0.5, 0.6) is 11.5 Å². The molecule has 5 rings (SSSR count). The summed E-state index contributed by atoms with van der Waals surface area (Å²) in [6, 6.07) is 9.28. The Bertz CT molecular complexity index is 1360. The lowest BCUT2D eigenvalue weighted by Gasteiger charge is -2.23. The van der Waals surface area contributed by atoms with Crippen LogP contribution in [0.1, 0.15) is 33.3 Å². The molecule has 1 aliphatic rings. The van der Waals surface area contributed by atoms with Gasteiger partial charge in [-0.1, -0.05) is 17.7 Å². The molecule has 30 heavy (non-hydrogen) atoms. The second-order valence-corrected chi connectivity index (χ2v) is 7.87. The van der Waals surface area contributed by atoms with Gasteiger partial charge in [0, 0.05) is 11.6 Å².